The summed E-state index contributed by atoms with van der Waals surface area (Å²) in [6.07, 6.45) is 0. The highest BCUT2D eigenvalue weighted by molar-refractivity contribution is 6.30. The van der Waals surface area contributed by atoms with Gasteiger partial charge in [-0.15, -0.1) is 0 Å². The lowest BCUT2D eigenvalue weighted by atomic mass is 10.2. The number of halogens is 1. The molecule has 4 amide bonds. The summed E-state index contributed by atoms with van der Waals surface area (Å²) < 4.78 is 15.7. The Kier molecular flexibility index (Phi) is 7.13. The van der Waals surface area contributed by atoms with Crippen LogP contribution in [-0.4, -0.2) is 31.6 Å². The third-order valence-corrected chi connectivity index (χ3v) is 4.18. The molecule has 3 N–H and O–H groups in total. The van der Waals surface area contributed by atoms with E-state index >= 15 is 0 Å². The molecular weight excluding hydrogens is 426 g/mol. The number of nitrogens with one attached hydrogen (secondary N) is 3. The maximum Gasteiger partial charge on any atom is 0.340 e. The normalized spacial score (nSPS) is 10.1. The van der Waals surface area contributed by atoms with Gasteiger partial charge in [-0.2, -0.15) is 0 Å². The maximum absolute atomic E-state index is 12.1. The summed E-state index contributed by atoms with van der Waals surface area (Å²) in [6, 6.07) is 15.5. The minimum Gasteiger partial charge on any atom is -0.497 e. The van der Waals surface area contributed by atoms with Crippen molar-refractivity contribution in [1.82, 2.24) is 16.2 Å². The van der Waals surface area contributed by atoms with Crippen molar-refractivity contribution in [3.05, 3.63) is 71.4 Å². The number of furan rings is 1. The zero-order chi connectivity index (χ0) is 22.2. The Hall–Kier alpha value is -3.98. The van der Waals surface area contributed by atoms with Gasteiger partial charge in [0.1, 0.15) is 17.3 Å². The highest BCUT2D eigenvalue weighted by Crippen LogP contribution is 2.23. The number of benzene rings is 2. The molecule has 0 aliphatic carbocycles. The van der Waals surface area contributed by atoms with Crippen LogP contribution < -0.4 is 25.6 Å². The molecule has 0 saturated heterocycles. The number of rotatable bonds is 6. The molecule has 0 unspecified atom stereocenters. The van der Waals surface area contributed by atoms with Crippen LogP contribution in [0.1, 0.15) is 10.6 Å². The summed E-state index contributed by atoms with van der Waals surface area (Å²) in [4.78, 5) is 35.7. The summed E-state index contributed by atoms with van der Waals surface area (Å²) in [5.74, 6) is 0.0601. The summed E-state index contributed by atoms with van der Waals surface area (Å²) >= 11 is 5.84. The van der Waals surface area contributed by atoms with Gasteiger partial charge in [0.05, 0.1) is 7.11 Å². The second-order valence-corrected chi connectivity index (χ2v) is 6.53. The molecule has 0 saturated carbocycles. The summed E-state index contributed by atoms with van der Waals surface area (Å²) in [5, 5.41) is 2.61. The molecule has 9 nitrogen and oxygen atoms in total. The predicted octanol–water partition coefficient (Wildman–Crippen LogP) is 3.16. The number of amides is 4. The Bertz CT molecular complexity index is 1060. The van der Waals surface area contributed by atoms with Gasteiger partial charge in [0.25, 0.3) is 11.8 Å². The first-order chi connectivity index (χ1) is 14.9. The van der Waals surface area contributed by atoms with E-state index in [-0.39, 0.29) is 12.4 Å². The van der Waals surface area contributed by atoms with E-state index in [9.17, 15) is 14.4 Å². The second-order valence-electron chi connectivity index (χ2n) is 6.09. The highest BCUT2D eigenvalue weighted by atomic mass is 35.5. The second kappa shape index (κ2) is 10.2. The van der Waals surface area contributed by atoms with Crippen molar-refractivity contribution >= 4 is 29.4 Å². The van der Waals surface area contributed by atoms with Crippen molar-refractivity contribution in [1.29, 1.82) is 0 Å². The van der Waals surface area contributed by atoms with Crippen LogP contribution >= 0.6 is 11.6 Å². The van der Waals surface area contributed by atoms with Crippen LogP contribution in [-0.2, 0) is 4.79 Å². The summed E-state index contributed by atoms with van der Waals surface area (Å²) in [5.41, 5.74) is 4.90. The van der Waals surface area contributed by atoms with E-state index in [0.717, 1.165) is 5.56 Å². The van der Waals surface area contributed by atoms with Gasteiger partial charge in [0.15, 0.2) is 12.4 Å². The number of hydrogen-bond acceptors (Lipinski definition) is 6. The maximum atomic E-state index is 12.1. The smallest absolute Gasteiger partial charge is 0.340 e. The first-order valence-electron chi connectivity index (χ1n) is 8.97. The van der Waals surface area contributed by atoms with Gasteiger partial charge < -0.3 is 13.9 Å². The topological polar surface area (TPSA) is 119 Å². The molecule has 160 valence electrons. The van der Waals surface area contributed by atoms with Crippen molar-refractivity contribution in [3.8, 4) is 22.8 Å². The number of urea groups is 1. The Morgan fingerprint density at radius 1 is 0.903 bits per heavy atom. The number of carbonyl (C=O) groups excluding carboxylic acids is 3. The average molecular weight is 444 g/mol. The van der Waals surface area contributed by atoms with E-state index in [1.807, 2.05) is 5.32 Å². The van der Waals surface area contributed by atoms with Gasteiger partial charge in [-0.25, -0.2) is 10.2 Å². The fraction of sp³-hybridized carbons (Fsp3) is 0.0952. The zero-order valence-corrected chi connectivity index (χ0v) is 17.1. The van der Waals surface area contributed by atoms with E-state index in [0.29, 0.717) is 22.3 Å². The van der Waals surface area contributed by atoms with Crippen LogP contribution in [0.2, 0.25) is 5.02 Å². The van der Waals surface area contributed by atoms with Gasteiger partial charge in [0, 0.05) is 10.6 Å². The number of ether oxygens (including phenoxy) is 2. The van der Waals surface area contributed by atoms with Crippen LogP contribution in [0.4, 0.5) is 4.79 Å². The van der Waals surface area contributed by atoms with E-state index in [1.165, 1.54) is 13.2 Å². The molecule has 2 aromatic carbocycles. The number of carbonyl (C=O) groups is 3. The van der Waals surface area contributed by atoms with Crippen LogP contribution in [0.5, 0.6) is 11.5 Å². The third kappa shape index (κ3) is 6.25. The molecule has 31 heavy (non-hydrogen) atoms. The molecular formula is C21H18ClN3O6. The molecule has 1 heterocycles. The van der Waals surface area contributed by atoms with Gasteiger partial charge in [-0.1, -0.05) is 11.6 Å². The van der Waals surface area contributed by atoms with Crippen molar-refractivity contribution in [3.63, 3.8) is 0 Å². The van der Waals surface area contributed by atoms with Crippen molar-refractivity contribution in [2.75, 3.05) is 13.7 Å². The lowest BCUT2D eigenvalue weighted by Crippen LogP contribution is -2.49. The molecule has 3 aromatic rings. The summed E-state index contributed by atoms with van der Waals surface area (Å²) in [7, 11) is 1.54. The Morgan fingerprint density at radius 3 is 2.26 bits per heavy atom. The predicted molar refractivity (Wildman–Crippen MR) is 112 cm³/mol. The lowest BCUT2D eigenvalue weighted by molar-refractivity contribution is -0.123. The summed E-state index contributed by atoms with van der Waals surface area (Å²) in [6.45, 7) is -0.344. The van der Waals surface area contributed by atoms with Gasteiger partial charge in [-0.05, 0) is 60.7 Å². The van der Waals surface area contributed by atoms with Crippen LogP contribution in [0.25, 0.3) is 11.3 Å². The van der Waals surface area contributed by atoms with Crippen molar-refractivity contribution in [2.45, 2.75) is 0 Å². The van der Waals surface area contributed by atoms with E-state index in [1.54, 1.807) is 54.6 Å². The van der Waals surface area contributed by atoms with Crippen LogP contribution in [0, 0.1) is 0 Å². The lowest BCUT2D eigenvalue weighted by Gasteiger charge is -2.09. The molecule has 0 radical (unpaired) electrons. The van der Waals surface area contributed by atoms with Crippen molar-refractivity contribution < 1.29 is 28.3 Å². The van der Waals surface area contributed by atoms with Crippen molar-refractivity contribution in [2.24, 2.45) is 0 Å². The first-order valence-corrected chi connectivity index (χ1v) is 9.35. The fourth-order valence-electron chi connectivity index (χ4n) is 2.41. The third-order valence-electron chi connectivity index (χ3n) is 3.93. The minimum absolute atomic E-state index is 0.0748. The number of imide groups is 1. The van der Waals surface area contributed by atoms with E-state index < -0.39 is 17.8 Å². The monoisotopic (exact) mass is 443 g/mol. The number of methoxy groups -OCH3 is 1. The molecule has 10 heteroatoms. The van der Waals surface area contributed by atoms with Gasteiger partial charge >= 0.3 is 6.03 Å². The molecule has 0 aliphatic rings. The molecule has 0 atom stereocenters. The Balaban J connectivity index is 1.43. The van der Waals surface area contributed by atoms with Crippen LogP contribution in [0.15, 0.2) is 65.1 Å². The average Bonchev–Trinajstić information content (AvgIpc) is 3.27. The SMILES string of the molecule is COc1ccc(OCC(=O)NNC(=O)NC(=O)c2ccc(-c3ccc(Cl)cc3)o2)cc1. The van der Waals surface area contributed by atoms with Crippen LogP contribution in [0.3, 0.4) is 0 Å². The molecule has 0 aliphatic heterocycles. The molecule has 3 rings (SSSR count). The fourth-order valence-corrected chi connectivity index (χ4v) is 2.53. The number of hydrogen-bond donors (Lipinski definition) is 3. The zero-order valence-electron chi connectivity index (χ0n) is 16.3. The standard InChI is InChI=1S/C21H18ClN3O6/c1-29-15-6-8-16(9-7-15)30-12-19(26)24-25-21(28)23-20(27)18-11-10-17(31-18)13-2-4-14(22)5-3-13/h2-11H,12H2,1H3,(H,24,26)(H2,23,25,27,28). The first kappa shape index (κ1) is 21.7. The molecule has 1 aromatic heterocycles. The highest BCUT2D eigenvalue weighted by Gasteiger charge is 2.15. The molecule has 0 bridgehead atoms. The largest absolute Gasteiger partial charge is 0.497 e. The Morgan fingerprint density at radius 2 is 1.58 bits per heavy atom. The quantitative estimate of drug-likeness (QED) is 0.503. The van der Waals surface area contributed by atoms with E-state index in [2.05, 4.69) is 10.9 Å². The number of hydrazine groups is 1. The molecule has 0 spiro atoms. The van der Waals surface area contributed by atoms with E-state index in [4.69, 9.17) is 25.5 Å². The van der Waals surface area contributed by atoms with Gasteiger partial charge in [0.2, 0.25) is 0 Å². The Labute approximate surface area is 182 Å². The van der Waals surface area contributed by atoms with Gasteiger partial charge in [-0.3, -0.25) is 20.3 Å². The molecule has 0 fully saturated rings. The minimum atomic E-state index is -0.938.